The number of esters is 2. The highest BCUT2D eigenvalue weighted by Gasteiger charge is 2.10. The molecule has 0 aromatic heterocycles. The molecule has 2 rings (SSSR count). The molecular formula is C20H20O6. The molecule has 0 unspecified atom stereocenters. The lowest BCUT2D eigenvalue weighted by Crippen LogP contribution is -2.04. The first kappa shape index (κ1) is 20.5. The summed E-state index contributed by atoms with van der Waals surface area (Å²) in [6.45, 7) is 7.11. The molecule has 0 radical (unpaired) electrons. The average Bonchev–Trinajstić information content (AvgIpc) is 2.65. The van der Waals surface area contributed by atoms with Crippen LogP contribution in [-0.4, -0.2) is 35.4 Å². The average molecular weight is 356 g/mol. The van der Waals surface area contributed by atoms with Crippen molar-refractivity contribution in [2.24, 2.45) is 0 Å². The van der Waals surface area contributed by atoms with Crippen LogP contribution in [0.25, 0.3) is 0 Å². The predicted molar refractivity (Wildman–Crippen MR) is 97.2 cm³/mol. The van der Waals surface area contributed by atoms with E-state index in [1.165, 1.54) is 36.4 Å². The van der Waals surface area contributed by atoms with Gasteiger partial charge < -0.3 is 19.7 Å². The Balaban J connectivity index is 0.000000260. The van der Waals surface area contributed by atoms with Crippen LogP contribution in [0.15, 0.2) is 73.8 Å². The van der Waals surface area contributed by atoms with E-state index in [1.807, 2.05) is 0 Å². The normalized spacial score (nSPS) is 9.23. The van der Waals surface area contributed by atoms with Crippen molar-refractivity contribution in [2.45, 2.75) is 0 Å². The van der Waals surface area contributed by atoms with Crippen LogP contribution >= 0.6 is 0 Å². The number of para-hydroxylation sites is 2. The van der Waals surface area contributed by atoms with Crippen molar-refractivity contribution in [2.75, 3.05) is 13.2 Å². The van der Waals surface area contributed by atoms with Gasteiger partial charge in [0.2, 0.25) is 0 Å². The smallest absolute Gasteiger partial charge is 0.342 e. The maximum absolute atomic E-state index is 11.2. The summed E-state index contributed by atoms with van der Waals surface area (Å²) in [4.78, 5) is 22.4. The zero-order valence-corrected chi connectivity index (χ0v) is 14.1. The molecule has 2 N–H and O–H groups in total. The number of benzene rings is 2. The first-order valence-electron chi connectivity index (χ1n) is 7.63. The fourth-order valence-corrected chi connectivity index (χ4v) is 1.72. The molecule has 0 aliphatic rings. The molecule has 6 heteroatoms. The van der Waals surface area contributed by atoms with Crippen LogP contribution < -0.4 is 0 Å². The van der Waals surface area contributed by atoms with Gasteiger partial charge in [-0.05, 0) is 24.3 Å². The Morgan fingerprint density at radius 1 is 0.769 bits per heavy atom. The first-order valence-corrected chi connectivity index (χ1v) is 7.63. The summed E-state index contributed by atoms with van der Waals surface area (Å²) in [6, 6.07) is 12.5. The van der Waals surface area contributed by atoms with Crippen molar-refractivity contribution < 1.29 is 29.3 Å². The largest absolute Gasteiger partial charge is 0.507 e. The lowest BCUT2D eigenvalue weighted by Gasteiger charge is -2.02. The van der Waals surface area contributed by atoms with E-state index < -0.39 is 11.9 Å². The van der Waals surface area contributed by atoms with E-state index in [9.17, 15) is 19.8 Å². The highest BCUT2D eigenvalue weighted by Crippen LogP contribution is 2.17. The van der Waals surface area contributed by atoms with Gasteiger partial charge >= 0.3 is 11.9 Å². The van der Waals surface area contributed by atoms with E-state index >= 15 is 0 Å². The molecule has 0 fully saturated rings. The van der Waals surface area contributed by atoms with Crippen LogP contribution in [0.5, 0.6) is 11.5 Å². The summed E-state index contributed by atoms with van der Waals surface area (Å²) in [5, 5.41) is 18.5. The first-order chi connectivity index (χ1) is 12.5. The maximum atomic E-state index is 11.2. The summed E-state index contributed by atoms with van der Waals surface area (Å²) in [5.74, 6) is -1.23. The van der Waals surface area contributed by atoms with Crippen molar-refractivity contribution in [3.63, 3.8) is 0 Å². The Morgan fingerprint density at radius 2 is 1.12 bits per heavy atom. The molecule has 136 valence electrons. The van der Waals surface area contributed by atoms with Crippen LogP contribution in [0.3, 0.4) is 0 Å². The van der Waals surface area contributed by atoms with Crippen molar-refractivity contribution >= 4 is 11.9 Å². The zero-order valence-electron chi connectivity index (χ0n) is 14.1. The number of carbonyl (C=O) groups is 2. The van der Waals surface area contributed by atoms with Gasteiger partial charge in [0, 0.05) is 0 Å². The van der Waals surface area contributed by atoms with Gasteiger partial charge in [-0.2, -0.15) is 0 Å². The molecule has 0 heterocycles. The maximum Gasteiger partial charge on any atom is 0.342 e. The van der Waals surface area contributed by atoms with Gasteiger partial charge in [0.05, 0.1) is 0 Å². The molecule has 0 amide bonds. The van der Waals surface area contributed by atoms with E-state index in [-0.39, 0.29) is 35.8 Å². The molecule has 0 aliphatic carbocycles. The van der Waals surface area contributed by atoms with Gasteiger partial charge in [0.15, 0.2) is 0 Å². The Hall–Kier alpha value is -3.54. The molecule has 0 saturated carbocycles. The van der Waals surface area contributed by atoms with Gasteiger partial charge in [-0.3, -0.25) is 0 Å². The van der Waals surface area contributed by atoms with Crippen molar-refractivity contribution in [1.29, 1.82) is 0 Å². The fourth-order valence-electron chi connectivity index (χ4n) is 1.72. The Morgan fingerprint density at radius 3 is 1.42 bits per heavy atom. The molecule has 0 spiro atoms. The van der Waals surface area contributed by atoms with Gasteiger partial charge in [-0.25, -0.2) is 9.59 Å². The molecule has 0 bridgehead atoms. The monoisotopic (exact) mass is 356 g/mol. The van der Waals surface area contributed by atoms with E-state index in [1.54, 1.807) is 24.3 Å². The number of rotatable bonds is 6. The SMILES string of the molecule is C=CCOC(=O)c1ccccc1O.C=CCOC(=O)c1ccccc1O. The van der Waals surface area contributed by atoms with Crippen LogP contribution in [-0.2, 0) is 9.47 Å². The molecule has 0 saturated heterocycles. The fraction of sp³-hybridized carbons (Fsp3) is 0.100. The third-order valence-corrected chi connectivity index (χ3v) is 2.91. The number of aromatic hydroxyl groups is 2. The van der Waals surface area contributed by atoms with Crippen molar-refractivity contribution in [1.82, 2.24) is 0 Å². The second-order valence-electron chi connectivity index (χ2n) is 4.81. The standard InChI is InChI=1S/2C10H10O3/c2*1-2-7-13-10(12)8-5-3-4-6-9(8)11/h2*2-6,11H,1,7H2. The lowest BCUT2D eigenvalue weighted by molar-refractivity contribution is 0.0536. The highest BCUT2D eigenvalue weighted by atomic mass is 16.5. The molecule has 2 aromatic rings. The van der Waals surface area contributed by atoms with Gasteiger partial charge in [-0.1, -0.05) is 49.6 Å². The number of carbonyl (C=O) groups excluding carboxylic acids is 2. The van der Waals surface area contributed by atoms with E-state index in [2.05, 4.69) is 13.2 Å². The second kappa shape index (κ2) is 11.1. The molecule has 26 heavy (non-hydrogen) atoms. The minimum atomic E-state index is -0.544. The van der Waals surface area contributed by atoms with E-state index in [0.29, 0.717) is 0 Å². The van der Waals surface area contributed by atoms with Gasteiger partial charge in [0.1, 0.15) is 35.8 Å². The zero-order chi connectivity index (χ0) is 19.4. The minimum absolute atomic E-state index is 0.0726. The Kier molecular flexibility index (Phi) is 8.75. The van der Waals surface area contributed by atoms with Crippen LogP contribution in [0, 0.1) is 0 Å². The summed E-state index contributed by atoms with van der Waals surface area (Å²) >= 11 is 0. The number of phenols is 2. The van der Waals surface area contributed by atoms with Crippen LogP contribution in [0.1, 0.15) is 20.7 Å². The lowest BCUT2D eigenvalue weighted by atomic mass is 10.2. The predicted octanol–water partition coefficient (Wildman–Crippen LogP) is 3.47. The molecule has 0 aliphatic heterocycles. The van der Waals surface area contributed by atoms with Crippen molar-refractivity contribution in [3.8, 4) is 11.5 Å². The number of hydrogen-bond donors (Lipinski definition) is 2. The van der Waals surface area contributed by atoms with E-state index in [4.69, 9.17) is 9.47 Å². The molecule has 0 atom stereocenters. The van der Waals surface area contributed by atoms with Crippen molar-refractivity contribution in [3.05, 3.63) is 85.0 Å². The number of ether oxygens (including phenoxy) is 2. The number of phenolic OH excluding ortho intramolecular Hbond substituents is 2. The topological polar surface area (TPSA) is 93.1 Å². The summed E-state index contributed by atoms with van der Waals surface area (Å²) in [6.07, 6.45) is 2.94. The third kappa shape index (κ3) is 6.52. The molecule has 6 nitrogen and oxygen atoms in total. The van der Waals surface area contributed by atoms with Gasteiger partial charge in [0.25, 0.3) is 0 Å². The van der Waals surface area contributed by atoms with Gasteiger partial charge in [-0.15, -0.1) is 0 Å². The molecular weight excluding hydrogens is 336 g/mol. The highest BCUT2D eigenvalue weighted by molar-refractivity contribution is 5.92. The minimum Gasteiger partial charge on any atom is -0.507 e. The number of hydrogen-bond acceptors (Lipinski definition) is 6. The summed E-state index contributed by atoms with van der Waals surface area (Å²) in [7, 11) is 0. The second-order valence-corrected chi connectivity index (χ2v) is 4.81. The Labute approximate surface area is 151 Å². The third-order valence-electron chi connectivity index (χ3n) is 2.91. The Bertz CT molecular complexity index is 701. The van der Waals surface area contributed by atoms with Crippen LogP contribution in [0.4, 0.5) is 0 Å². The quantitative estimate of drug-likeness (QED) is 0.608. The summed E-state index contributed by atoms with van der Waals surface area (Å²) in [5.41, 5.74) is 0.341. The molecule has 2 aromatic carbocycles. The van der Waals surface area contributed by atoms with Crippen LogP contribution in [0.2, 0.25) is 0 Å². The summed E-state index contributed by atoms with van der Waals surface area (Å²) < 4.78 is 9.48. The van der Waals surface area contributed by atoms with E-state index in [0.717, 1.165) is 0 Å².